The molecule has 0 bridgehead atoms. The van der Waals surface area contributed by atoms with E-state index in [0.29, 0.717) is 20.4 Å². The monoisotopic (exact) mass is 387 g/mol. The van der Waals surface area contributed by atoms with Crippen molar-refractivity contribution in [3.05, 3.63) is 53.1 Å². The van der Waals surface area contributed by atoms with Crippen molar-refractivity contribution in [3.8, 4) is 5.69 Å². The summed E-state index contributed by atoms with van der Waals surface area (Å²) in [5, 5.41) is 8.24. The van der Waals surface area contributed by atoms with Gasteiger partial charge in [-0.3, -0.25) is 0 Å². The van der Waals surface area contributed by atoms with Gasteiger partial charge in [-0.15, -0.1) is 5.10 Å². The molecule has 0 radical (unpaired) electrons. The van der Waals surface area contributed by atoms with E-state index in [4.69, 9.17) is 11.6 Å². The Kier molecular flexibility index (Phi) is 3.62. The molecule has 0 aliphatic heterocycles. The molecule has 134 valence electrons. The first kappa shape index (κ1) is 16.7. The van der Waals surface area contributed by atoms with Gasteiger partial charge in [-0.05, 0) is 18.2 Å². The Morgan fingerprint density at radius 2 is 1.85 bits per heavy atom. The zero-order chi connectivity index (χ0) is 18.6. The normalized spacial score (nSPS) is 12.6. The largest absolute Gasteiger partial charge is 0.453 e. The van der Waals surface area contributed by atoms with Crippen LogP contribution in [0.15, 0.2) is 36.5 Å². The molecule has 0 amide bonds. The summed E-state index contributed by atoms with van der Waals surface area (Å²) in [6.07, 6.45) is -6.46. The summed E-state index contributed by atoms with van der Waals surface area (Å²) in [6.45, 7) is 0. The van der Waals surface area contributed by atoms with E-state index < -0.39 is 29.8 Å². The zero-order valence-corrected chi connectivity index (χ0v) is 13.3. The lowest BCUT2D eigenvalue weighted by atomic mass is 10.2. The van der Waals surface area contributed by atoms with Crippen molar-refractivity contribution in [2.75, 3.05) is 0 Å². The van der Waals surface area contributed by atoms with Crippen LogP contribution in [0.25, 0.3) is 22.2 Å². The van der Waals surface area contributed by atoms with Crippen LogP contribution in [0.3, 0.4) is 0 Å². The number of pyridine rings is 1. The highest BCUT2D eigenvalue weighted by Crippen LogP contribution is 2.32. The number of alkyl halides is 5. The maximum Gasteiger partial charge on any atom is 0.453 e. The quantitative estimate of drug-likeness (QED) is 0.469. The summed E-state index contributed by atoms with van der Waals surface area (Å²) >= 11 is 6.16. The smallest absolute Gasteiger partial charge is 0.228 e. The summed E-state index contributed by atoms with van der Waals surface area (Å²) in [5.74, 6) is -1.52. The predicted molar refractivity (Wildman–Crippen MR) is 82.6 cm³/mol. The second-order valence-corrected chi connectivity index (χ2v) is 5.75. The van der Waals surface area contributed by atoms with Crippen molar-refractivity contribution in [3.63, 3.8) is 0 Å². The lowest BCUT2D eigenvalue weighted by Crippen LogP contribution is -2.08. The van der Waals surface area contributed by atoms with Crippen molar-refractivity contribution in [2.24, 2.45) is 0 Å². The number of fused-ring (bicyclic) bond motifs is 2. The Morgan fingerprint density at radius 3 is 2.54 bits per heavy atom. The molecule has 3 aromatic heterocycles. The third-order valence-corrected chi connectivity index (χ3v) is 4.05. The molecule has 0 aliphatic carbocycles. The Hall–Kier alpha value is -2.75. The summed E-state index contributed by atoms with van der Waals surface area (Å²) in [5.41, 5.74) is -0.660. The van der Waals surface area contributed by atoms with Crippen molar-refractivity contribution < 1.29 is 22.0 Å². The number of para-hydroxylation sites is 1. The van der Waals surface area contributed by atoms with E-state index >= 15 is 0 Å². The standard InChI is InChI=1S/C15H7ClF5N5/c16-8-3-1-2-7-6-22-25(11(7)8)10-5-4-9(12(17)18)26-13(10)23-14(24-26)15(19,20)21/h1-6,12H. The van der Waals surface area contributed by atoms with Crippen molar-refractivity contribution >= 4 is 28.2 Å². The lowest BCUT2D eigenvalue weighted by Gasteiger charge is -2.09. The molecule has 0 atom stereocenters. The molecule has 0 spiro atoms. The van der Waals surface area contributed by atoms with Gasteiger partial charge < -0.3 is 0 Å². The van der Waals surface area contributed by atoms with E-state index in [0.717, 1.165) is 6.07 Å². The molecule has 3 heterocycles. The number of hydrogen-bond acceptors (Lipinski definition) is 3. The third-order valence-electron chi connectivity index (χ3n) is 3.74. The molecule has 5 nitrogen and oxygen atoms in total. The fourth-order valence-corrected chi connectivity index (χ4v) is 2.90. The number of hydrogen-bond donors (Lipinski definition) is 0. The number of benzene rings is 1. The second-order valence-electron chi connectivity index (χ2n) is 5.35. The molecule has 0 saturated heterocycles. The number of halogens is 6. The highest BCUT2D eigenvalue weighted by molar-refractivity contribution is 6.35. The minimum atomic E-state index is -4.88. The molecule has 0 aliphatic rings. The Bertz CT molecular complexity index is 1130. The maximum atomic E-state index is 13.2. The summed E-state index contributed by atoms with van der Waals surface area (Å²) in [4.78, 5) is 3.41. The van der Waals surface area contributed by atoms with Crippen LogP contribution in [-0.4, -0.2) is 24.4 Å². The molecular formula is C15H7ClF5N5. The molecular weight excluding hydrogens is 381 g/mol. The van der Waals surface area contributed by atoms with Crippen molar-refractivity contribution in [2.45, 2.75) is 12.6 Å². The topological polar surface area (TPSA) is 48.0 Å². The van der Waals surface area contributed by atoms with Crippen molar-refractivity contribution in [1.82, 2.24) is 24.4 Å². The summed E-state index contributed by atoms with van der Waals surface area (Å²) in [6, 6.07) is 7.16. The Labute approximate surface area is 146 Å². The fourth-order valence-electron chi connectivity index (χ4n) is 2.64. The van der Waals surface area contributed by atoms with Crippen LogP contribution in [0.4, 0.5) is 22.0 Å². The molecule has 4 rings (SSSR count). The van der Waals surface area contributed by atoms with Crippen LogP contribution in [0.1, 0.15) is 17.9 Å². The Morgan fingerprint density at radius 1 is 1.08 bits per heavy atom. The van der Waals surface area contributed by atoms with Crippen LogP contribution >= 0.6 is 11.6 Å². The molecule has 0 N–H and O–H groups in total. The van der Waals surface area contributed by atoms with Gasteiger partial charge in [-0.1, -0.05) is 23.7 Å². The average Bonchev–Trinajstić information content (AvgIpc) is 3.18. The van der Waals surface area contributed by atoms with Gasteiger partial charge >= 0.3 is 6.18 Å². The number of rotatable bonds is 2. The van der Waals surface area contributed by atoms with Gasteiger partial charge in [-0.2, -0.15) is 18.3 Å². The number of aromatic nitrogens is 5. The molecule has 11 heteroatoms. The van der Waals surface area contributed by atoms with Gasteiger partial charge in [0.1, 0.15) is 11.4 Å². The van der Waals surface area contributed by atoms with Gasteiger partial charge in [-0.25, -0.2) is 23.0 Å². The van der Waals surface area contributed by atoms with Crippen LogP contribution in [-0.2, 0) is 6.18 Å². The first-order valence-corrected chi connectivity index (χ1v) is 7.53. The third kappa shape index (κ3) is 2.48. The highest BCUT2D eigenvalue weighted by atomic mass is 35.5. The van der Waals surface area contributed by atoms with Gasteiger partial charge in [0, 0.05) is 5.39 Å². The van der Waals surface area contributed by atoms with E-state index in [-0.39, 0.29) is 5.69 Å². The highest BCUT2D eigenvalue weighted by Gasteiger charge is 2.37. The molecule has 4 aromatic rings. The minimum absolute atomic E-state index is 0.0421. The zero-order valence-electron chi connectivity index (χ0n) is 12.5. The van der Waals surface area contributed by atoms with Gasteiger partial charge in [0.25, 0.3) is 12.2 Å². The van der Waals surface area contributed by atoms with Crippen LogP contribution < -0.4 is 0 Å². The van der Waals surface area contributed by atoms with E-state index in [9.17, 15) is 22.0 Å². The van der Waals surface area contributed by atoms with Gasteiger partial charge in [0.15, 0.2) is 5.65 Å². The van der Waals surface area contributed by atoms with E-state index in [2.05, 4.69) is 15.2 Å². The average molecular weight is 388 g/mol. The van der Waals surface area contributed by atoms with Crippen LogP contribution in [0, 0.1) is 0 Å². The lowest BCUT2D eigenvalue weighted by molar-refractivity contribution is -0.144. The van der Waals surface area contributed by atoms with Crippen LogP contribution in [0.5, 0.6) is 0 Å². The minimum Gasteiger partial charge on any atom is -0.228 e. The SMILES string of the molecule is FC(F)c1ccc(-n2ncc3cccc(Cl)c32)c2nc(C(F)(F)F)nn12. The Balaban J connectivity index is 2.07. The number of nitrogens with zero attached hydrogens (tertiary/aromatic N) is 5. The second kappa shape index (κ2) is 5.63. The molecule has 26 heavy (non-hydrogen) atoms. The van der Waals surface area contributed by atoms with Crippen molar-refractivity contribution in [1.29, 1.82) is 0 Å². The molecule has 1 aromatic carbocycles. The first-order chi connectivity index (χ1) is 12.3. The van der Waals surface area contributed by atoms with E-state index in [1.807, 2.05) is 0 Å². The fraction of sp³-hybridized carbons (Fsp3) is 0.133. The van der Waals surface area contributed by atoms with E-state index in [1.54, 1.807) is 18.2 Å². The van der Waals surface area contributed by atoms with Gasteiger partial charge in [0.2, 0.25) is 0 Å². The van der Waals surface area contributed by atoms with E-state index in [1.165, 1.54) is 16.9 Å². The summed E-state index contributed by atoms with van der Waals surface area (Å²) < 4.78 is 67.0. The van der Waals surface area contributed by atoms with Gasteiger partial charge in [0.05, 0.1) is 16.7 Å². The first-order valence-electron chi connectivity index (χ1n) is 7.15. The van der Waals surface area contributed by atoms with Crippen LogP contribution in [0.2, 0.25) is 5.02 Å². The molecule has 0 fully saturated rings. The predicted octanol–water partition coefficient (Wildman–Crippen LogP) is 4.68. The summed E-state index contributed by atoms with van der Waals surface area (Å²) in [7, 11) is 0. The maximum absolute atomic E-state index is 13.2. The molecule has 0 saturated carbocycles. The molecule has 0 unspecified atom stereocenters.